The Morgan fingerprint density at radius 2 is 1.78 bits per heavy atom. The molecule has 0 aromatic carbocycles. The van der Waals surface area contributed by atoms with Crippen LogP contribution in [0.5, 0.6) is 0 Å². The third-order valence-electron chi connectivity index (χ3n) is 4.36. The fourth-order valence-electron chi connectivity index (χ4n) is 2.03. The molecule has 2 heterocycles. The topological polar surface area (TPSA) is 23.4 Å². The molecule has 1 aliphatic heterocycles. The Bertz CT molecular complexity index is 409. The first kappa shape index (κ1) is 13.7. The van der Waals surface area contributed by atoms with Crippen LogP contribution in [0.3, 0.4) is 0 Å². The fraction of sp³-hybridized carbons (Fsp3) is 0.714. The van der Waals surface area contributed by atoms with Gasteiger partial charge < -0.3 is 13.9 Å². The molecular weight excluding hydrogens is 225 g/mol. The SMILES string of the molecule is CCC(C)n1ccc(B2OC(C)(C)C(C)(C)O2)c1. The van der Waals surface area contributed by atoms with Crippen molar-refractivity contribution in [3.05, 3.63) is 18.5 Å². The summed E-state index contributed by atoms with van der Waals surface area (Å²) < 4.78 is 14.3. The zero-order chi connectivity index (χ0) is 13.6. The van der Waals surface area contributed by atoms with Crippen LogP contribution in [0, 0.1) is 0 Å². The molecule has 0 amide bonds. The second-order valence-corrected chi connectivity index (χ2v) is 6.24. The summed E-state index contributed by atoms with van der Waals surface area (Å²) in [6.45, 7) is 12.7. The summed E-state index contributed by atoms with van der Waals surface area (Å²) in [6.07, 6.45) is 5.36. The molecule has 3 nitrogen and oxygen atoms in total. The normalized spacial score (nSPS) is 23.3. The van der Waals surface area contributed by atoms with Crippen molar-refractivity contribution in [2.45, 2.75) is 65.2 Å². The van der Waals surface area contributed by atoms with Crippen LogP contribution in [0.15, 0.2) is 18.5 Å². The van der Waals surface area contributed by atoms with Crippen LogP contribution in [0.4, 0.5) is 0 Å². The molecule has 0 bridgehead atoms. The average Bonchev–Trinajstić information content (AvgIpc) is 2.82. The van der Waals surface area contributed by atoms with Crippen molar-refractivity contribution < 1.29 is 9.31 Å². The minimum Gasteiger partial charge on any atom is -0.399 e. The van der Waals surface area contributed by atoms with E-state index in [9.17, 15) is 0 Å². The smallest absolute Gasteiger partial charge is 0.399 e. The van der Waals surface area contributed by atoms with Gasteiger partial charge in [0.05, 0.1) is 11.2 Å². The fourth-order valence-corrected chi connectivity index (χ4v) is 2.03. The van der Waals surface area contributed by atoms with Crippen LogP contribution >= 0.6 is 0 Å². The van der Waals surface area contributed by atoms with Gasteiger partial charge in [-0.2, -0.15) is 0 Å². The lowest BCUT2D eigenvalue weighted by molar-refractivity contribution is 0.00578. The van der Waals surface area contributed by atoms with Crippen molar-refractivity contribution in [1.82, 2.24) is 4.57 Å². The van der Waals surface area contributed by atoms with Crippen LogP contribution in [0.1, 0.15) is 54.0 Å². The summed E-state index contributed by atoms with van der Waals surface area (Å²) in [5.74, 6) is 0. The average molecular weight is 249 g/mol. The molecule has 0 saturated carbocycles. The highest BCUT2D eigenvalue weighted by atomic mass is 16.7. The van der Waals surface area contributed by atoms with E-state index in [-0.39, 0.29) is 18.3 Å². The van der Waals surface area contributed by atoms with E-state index in [1.54, 1.807) is 0 Å². The van der Waals surface area contributed by atoms with E-state index in [4.69, 9.17) is 9.31 Å². The van der Waals surface area contributed by atoms with Crippen LogP contribution < -0.4 is 5.46 Å². The van der Waals surface area contributed by atoms with Gasteiger partial charge in [0.2, 0.25) is 0 Å². The molecule has 18 heavy (non-hydrogen) atoms. The van der Waals surface area contributed by atoms with Gasteiger partial charge in [-0.1, -0.05) is 6.92 Å². The van der Waals surface area contributed by atoms with Gasteiger partial charge in [0, 0.05) is 23.9 Å². The first-order valence-electron chi connectivity index (χ1n) is 6.80. The zero-order valence-electron chi connectivity index (χ0n) is 12.4. The lowest BCUT2D eigenvalue weighted by Gasteiger charge is -2.32. The van der Waals surface area contributed by atoms with Gasteiger partial charge in [-0.05, 0) is 47.1 Å². The minimum atomic E-state index is -0.268. The monoisotopic (exact) mass is 249 g/mol. The number of nitrogens with zero attached hydrogens (tertiary/aromatic N) is 1. The molecule has 0 radical (unpaired) electrons. The molecule has 4 heteroatoms. The summed E-state index contributed by atoms with van der Waals surface area (Å²) in [6, 6.07) is 2.61. The summed E-state index contributed by atoms with van der Waals surface area (Å²) in [4.78, 5) is 0. The molecule has 0 N–H and O–H groups in total. The van der Waals surface area contributed by atoms with E-state index in [0.717, 1.165) is 11.9 Å². The Balaban J connectivity index is 2.17. The first-order chi connectivity index (χ1) is 8.27. The minimum absolute atomic E-state index is 0.250. The molecule has 2 rings (SSSR count). The third kappa shape index (κ3) is 2.24. The van der Waals surface area contributed by atoms with Gasteiger partial charge in [-0.25, -0.2) is 0 Å². The lowest BCUT2D eigenvalue weighted by Crippen LogP contribution is -2.41. The van der Waals surface area contributed by atoms with Gasteiger partial charge >= 0.3 is 7.12 Å². The van der Waals surface area contributed by atoms with Crippen LogP contribution in [0.2, 0.25) is 0 Å². The van der Waals surface area contributed by atoms with Gasteiger partial charge in [0.25, 0.3) is 0 Å². The van der Waals surface area contributed by atoms with E-state index in [2.05, 4.69) is 64.6 Å². The highest BCUT2D eigenvalue weighted by molar-refractivity contribution is 6.62. The van der Waals surface area contributed by atoms with Crippen molar-refractivity contribution in [3.63, 3.8) is 0 Å². The molecule has 1 fully saturated rings. The second-order valence-electron chi connectivity index (χ2n) is 6.24. The Kier molecular flexibility index (Phi) is 3.37. The number of rotatable bonds is 3. The lowest BCUT2D eigenvalue weighted by atomic mass is 9.81. The molecule has 1 atom stereocenters. The highest BCUT2D eigenvalue weighted by Crippen LogP contribution is 2.36. The van der Waals surface area contributed by atoms with Gasteiger partial charge in [0.1, 0.15) is 0 Å². The molecule has 1 aromatic rings. The van der Waals surface area contributed by atoms with Crippen LogP contribution in [-0.2, 0) is 9.31 Å². The molecule has 1 unspecified atom stereocenters. The standard InChI is InChI=1S/C14H24BNO2/c1-7-11(2)16-9-8-12(10-16)15-17-13(3,4)14(5,6)18-15/h8-11H,7H2,1-6H3. The maximum Gasteiger partial charge on any atom is 0.496 e. The van der Waals surface area contributed by atoms with E-state index >= 15 is 0 Å². The molecule has 0 spiro atoms. The number of hydrogen-bond donors (Lipinski definition) is 0. The Hall–Kier alpha value is -0.735. The summed E-state index contributed by atoms with van der Waals surface area (Å²) in [5, 5.41) is 0. The molecule has 1 aliphatic rings. The Morgan fingerprint density at radius 1 is 1.22 bits per heavy atom. The van der Waals surface area contributed by atoms with E-state index < -0.39 is 0 Å². The quantitative estimate of drug-likeness (QED) is 0.769. The summed E-state index contributed by atoms with van der Waals surface area (Å²) >= 11 is 0. The van der Waals surface area contributed by atoms with Gasteiger partial charge in [0.15, 0.2) is 0 Å². The highest BCUT2D eigenvalue weighted by Gasteiger charge is 2.51. The predicted molar refractivity (Wildman–Crippen MR) is 75.2 cm³/mol. The molecule has 1 aromatic heterocycles. The van der Waals surface area contributed by atoms with Crippen molar-refractivity contribution in [3.8, 4) is 0 Å². The predicted octanol–water partition coefficient (Wildman–Crippen LogP) is 2.76. The summed E-state index contributed by atoms with van der Waals surface area (Å²) in [7, 11) is -0.250. The van der Waals surface area contributed by atoms with E-state index in [1.165, 1.54) is 0 Å². The second kappa shape index (κ2) is 4.43. The Morgan fingerprint density at radius 3 is 2.28 bits per heavy atom. The molecule has 1 saturated heterocycles. The third-order valence-corrected chi connectivity index (χ3v) is 4.36. The van der Waals surface area contributed by atoms with E-state index in [0.29, 0.717) is 6.04 Å². The maximum atomic E-state index is 6.04. The van der Waals surface area contributed by atoms with Gasteiger partial charge in [-0.3, -0.25) is 0 Å². The summed E-state index contributed by atoms with van der Waals surface area (Å²) in [5.41, 5.74) is 0.570. The zero-order valence-corrected chi connectivity index (χ0v) is 12.4. The Labute approximate surface area is 111 Å². The van der Waals surface area contributed by atoms with E-state index in [1.807, 2.05) is 0 Å². The number of hydrogen-bond acceptors (Lipinski definition) is 2. The van der Waals surface area contributed by atoms with Crippen LogP contribution in [0.25, 0.3) is 0 Å². The molecular formula is C14H24BNO2. The van der Waals surface area contributed by atoms with Crippen molar-refractivity contribution in [1.29, 1.82) is 0 Å². The van der Waals surface area contributed by atoms with Crippen molar-refractivity contribution in [2.24, 2.45) is 0 Å². The van der Waals surface area contributed by atoms with Gasteiger partial charge in [-0.15, -0.1) is 0 Å². The van der Waals surface area contributed by atoms with Crippen molar-refractivity contribution >= 4 is 12.6 Å². The first-order valence-corrected chi connectivity index (χ1v) is 6.80. The van der Waals surface area contributed by atoms with Crippen LogP contribution in [-0.4, -0.2) is 22.9 Å². The maximum absolute atomic E-state index is 6.04. The largest absolute Gasteiger partial charge is 0.496 e. The molecule has 0 aliphatic carbocycles. The van der Waals surface area contributed by atoms with Crippen molar-refractivity contribution in [2.75, 3.05) is 0 Å². The molecule has 100 valence electrons. The number of aromatic nitrogens is 1.